The van der Waals surface area contributed by atoms with Crippen LogP contribution in [0.3, 0.4) is 0 Å². The summed E-state index contributed by atoms with van der Waals surface area (Å²) >= 11 is 0. The van der Waals surface area contributed by atoms with Crippen molar-refractivity contribution in [2.45, 2.75) is 40.3 Å². The number of aryl methyl sites for hydroxylation is 1. The van der Waals surface area contributed by atoms with Gasteiger partial charge in [-0.15, -0.1) is 6.58 Å². The number of aromatic nitrogens is 1. The van der Waals surface area contributed by atoms with Crippen LogP contribution >= 0.6 is 0 Å². The van der Waals surface area contributed by atoms with Gasteiger partial charge < -0.3 is 9.88 Å². The Balaban J connectivity index is 2.20. The van der Waals surface area contributed by atoms with Crippen LogP contribution in [-0.4, -0.2) is 39.8 Å². The van der Waals surface area contributed by atoms with E-state index in [9.17, 15) is 14.4 Å². The quantitative estimate of drug-likeness (QED) is 0.496. The summed E-state index contributed by atoms with van der Waals surface area (Å²) in [5.74, 6) is -0.580. The first-order valence-corrected chi connectivity index (χ1v) is 7.70. The Morgan fingerprint density at radius 2 is 2.04 bits per heavy atom. The number of urea groups is 1. The van der Waals surface area contributed by atoms with E-state index >= 15 is 0 Å². The summed E-state index contributed by atoms with van der Waals surface area (Å²) in [5.41, 5.74) is 2.31. The smallest absolute Gasteiger partial charge is 0.325 e. The lowest BCUT2D eigenvalue weighted by Gasteiger charge is -2.14. The van der Waals surface area contributed by atoms with Crippen LogP contribution in [-0.2, 0) is 11.3 Å². The minimum Gasteiger partial charge on any atom is -0.345 e. The van der Waals surface area contributed by atoms with Crippen LogP contribution in [0.15, 0.2) is 18.7 Å². The molecule has 0 spiro atoms. The largest absolute Gasteiger partial charge is 0.345 e. The second kappa shape index (κ2) is 6.40. The van der Waals surface area contributed by atoms with Gasteiger partial charge in [-0.25, -0.2) is 4.79 Å². The molecule has 1 unspecified atom stereocenters. The Labute approximate surface area is 136 Å². The van der Waals surface area contributed by atoms with E-state index in [2.05, 4.69) is 11.9 Å². The minimum atomic E-state index is -0.552. The van der Waals surface area contributed by atoms with Crippen molar-refractivity contribution in [1.82, 2.24) is 14.8 Å². The minimum absolute atomic E-state index is 0.00999. The highest BCUT2D eigenvalue weighted by molar-refractivity contribution is 6.09. The molecule has 1 aliphatic rings. The lowest BCUT2D eigenvalue weighted by molar-refractivity contribution is -0.127. The number of amides is 3. The Hall–Kier alpha value is -2.37. The number of hydrogen-bond acceptors (Lipinski definition) is 3. The first kappa shape index (κ1) is 17.0. The molecule has 124 valence electrons. The molecule has 0 aliphatic carbocycles. The molecule has 1 aromatic rings. The number of carbonyl (C=O) groups is 3. The van der Waals surface area contributed by atoms with Crippen LogP contribution in [0.2, 0.25) is 0 Å². The zero-order valence-corrected chi connectivity index (χ0v) is 14.0. The molecule has 2 rings (SSSR count). The molecule has 0 saturated carbocycles. The predicted molar refractivity (Wildman–Crippen MR) is 87.3 cm³/mol. The summed E-state index contributed by atoms with van der Waals surface area (Å²) in [6.45, 7) is 11.6. The number of nitrogens with one attached hydrogen (secondary N) is 1. The molecule has 0 radical (unpaired) electrons. The maximum atomic E-state index is 12.5. The van der Waals surface area contributed by atoms with E-state index in [-0.39, 0.29) is 24.2 Å². The second-order valence-electron chi connectivity index (χ2n) is 6.20. The van der Waals surface area contributed by atoms with Gasteiger partial charge in [0.25, 0.3) is 5.91 Å². The summed E-state index contributed by atoms with van der Waals surface area (Å²) in [6.07, 6.45) is 1.76. The van der Waals surface area contributed by atoms with Crippen LogP contribution < -0.4 is 5.32 Å². The van der Waals surface area contributed by atoms with Crippen LogP contribution in [0.25, 0.3) is 0 Å². The third kappa shape index (κ3) is 3.06. The molecule has 0 bridgehead atoms. The first-order chi connectivity index (χ1) is 10.8. The molecule has 0 aromatic carbocycles. The van der Waals surface area contributed by atoms with E-state index in [0.717, 1.165) is 16.3 Å². The van der Waals surface area contributed by atoms with Crippen LogP contribution in [0.5, 0.6) is 0 Å². The average molecular weight is 317 g/mol. The van der Waals surface area contributed by atoms with Crippen molar-refractivity contribution >= 4 is 17.7 Å². The zero-order chi connectivity index (χ0) is 17.3. The third-order valence-electron chi connectivity index (χ3n) is 4.21. The molecule has 1 fully saturated rings. The van der Waals surface area contributed by atoms with Gasteiger partial charge in [0.05, 0.1) is 6.54 Å². The Morgan fingerprint density at radius 3 is 2.57 bits per heavy atom. The normalized spacial score (nSPS) is 17.8. The van der Waals surface area contributed by atoms with Crippen LogP contribution in [0.1, 0.15) is 35.6 Å². The summed E-state index contributed by atoms with van der Waals surface area (Å²) in [6, 6.07) is 0.741. The maximum Gasteiger partial charge on any atom is 0.325 e. The molecule has 1 saturated heterocycles. The Bertz CT molecular complexity index is 673. The number of Topliss-reactive ketones (excluding diaryl/α,β-unsaturated/α-hetero) is 1. The van der Waals surface area contributed by atoms with Gasteiger partial charge in [0.2, 0.25) is 0 Å². The number of hydrogen-bond donors (Lipinski definition) is 1. The molecule has 3 amide bonds. The van der Waals surface area contributed by atoms with Gasteiger partial charge in [0.1, 0.15) is 6.04 Å². The summed E-state index contributed by atoms with van der Waals surface area (Å²) in [4.78, 5) is 37.8. The van der Waals surface area contributed by atoms with E-state index in [4.69, 9.17) is 0 Å². The molecule has 2 heterocycles. The molecule has 1 atom stereocenters. The molecular formula is C17H23N3O3. The number of ketones is 1. The highest BCUT2D eigenvalue weighted by atomic mass is 16.2. The van der Waals surface area contributed by atoms with Gasteiger partial charge in [0.15, 0.2) is 5.78 Å². The molecule has 6 heteroatoms. The van der Waals surface area contributed by atoms with E-state index in [1.165, 1.54) is 0 Å². The van der Waals surface area contributed by atoms with E-state index in [1.807, 2.05) is 32.3 Å². The molecule has 6 nitrogen and oxygen atoms in total. The van der Waals surface area contributed by atoms with Crippen molar-refractivity contribution in [3.05, 3.63) is 35.7 Å². The van der Waals surface area contributed by atoms with Crippen molar-refractivity contribution in [3.8, 4) is 0 Å². The lowest BCUT2D eigenvalue weighted by atomic mass is 10.0. The molecular weight excluding hydrogens is 294 g/mol. The third-order valence-corrected chi connectivity index (χ3v) is 4.21. The second-order valence-corrected chi connectivity index (χ2v) is 6.20. The van der Waals surface area contributed by atoms with Crippen LogP contribution in [0, 0.1) is 19.8 Å². The Morgan fingerprint density at radius 1 is 1.39 bits per heavy atom. The van der Waals surface area contributed by atoms with E-state index in [0.29, 0.717) is 12.1 Å². The molecule has 23 heavy (non-hydrogen) atoms. The molecule has 1 aromatic heterocycles. The van der Waals surface area contributed by atoms with Gasteiger partial charge >= 0.3 is 6.03 Å². The average Bonchev–Trinajstić information content (AvgIpc) is 2.92. The Kier molecular flexibility index (Phi) is 4.73. The number of imide groups is 1. The highest BCUT2D eigenvalue weighted by Crippen LogP contribution is 2.18. The fraction of sp³-hybridized carbons (Fsp3) is 0.471. The van der Waals surface area contributed by atoms with Gasteiger partial charge in [-0.3, -0.25) is 14.5 Å². The number of allylic oxidation sites excluding steroid dienone is 1. The maximum absolute atomic E-state index is 12.5. The summed E-state index contributed by atoms with van der Waals surface area (Å²) < 4.78 is 1.98. The molecule has 1 aliphatic heterocycles. The summed E-state index contributed by atoms with van der Waals surface area (Å²) in [5, 5.41) is 2.63. The lowest BCUT2D eigenvalue weighted by Crippen LogP contribution is -2.37. The van der Waals surface area contributed by atoms with Gasteiger partial charge in [-0.05, 0) is 25.8 Å². The van der Waals surface area contributed by atoms with Gasteiger partial charge in [0, 0.05) is 23.5 Å². The van der Waals surface area contributed by atoms with E-state index in [1.54, 1.807) is 12.1 Å². The fourth-order valence-corrected chi connectivity index (χ4v) is 2.86. The van der Waals surface area contributed by atoms with Crippen molar-refractivity contribution in [2.75, 3.05) is 6.54 Å². The van der Waals surface area contributed by atoms with E-state index < -0.39 is 12.1 Å². The van der Waals surface area contributed by atoms with Crippen molar-refractivity contribution in [3.63, 3.8) is 0 Å². The highest BCUT2D eigenvalue weighted by Gasteiger charge is 2.40. The topological polar surface area (TPSA) is 71.4 Å². The monoisotopic (exact) mass is 317 g/mol. The first-order valence-electron chi connectivity index (χ1n) is 7.70. The van der Waals surface area contributed by atoms with Gasteiger partial charge in [-0.1, -0.05) is 19.9 Å². The standard InChI is InChI=1S/C17H23N3O3/c1-6-7-19-11(4)8-13(12(19)5)14(21)9-20-16(22)15(10(2)3)18-17(20)23/h6,8,10,15H,1,7,9H2,2-5H3,(H,18,23). The van der Waals surface area contributed by atoms with Crippen molar-refractivity contribution in [2.24, 2.45) is 5.92 Å². The van der Waals surface area contributed by atoms with Crippen molar-refractivity contribution in [1.29, 1.82) is 0 Å². The number of carbonyl (C=O) groups excluding carboxylic acids is 3. The van der Waals surface area contributed by atoms with Crippen LogP contribution in [0.4, 0.5) is 4.79 Å². The predicted octanol–water partition coefficient (Wildman–Crippen LogP) is 2.05. The van der Waals surface area contributed by atoms with Crippen molar-refractivity contribution < 1.29 is 14.4 Å². The molecule has 1 N–H and O–H groups in total. The fourth-order valence-electron chi connectivity index (χ4n) is 2.86. The number of nitrogens with zero attached hydrogens (tertiary/aromatic N) is 2. The summed E-state index contributed by atoms with van der Waals surface area (Å²) in [7, 11) is 0. The zero-order valence-electron chi connectivity index (χ0n) is 14.0. The van der Waals surface area contributed by atoms with Gasteiger partial charge in [-0.2, -0.15) is 0 Å². The SMILES string of the molecule is C=CCn1c(C)cc(C(=O)CN2C(=O)NC(C(C)C)C2=O)c1C. The number of rotatable bonds is 6.